The van der Waals surface area contributed by atoms with Gasteiger partial charge in [0.1, 0.15) is 5.01 Å². The zero-order valence-corrected chi connectivity index (χ0v) is 12.8. The Labute approximate surface area is 128 Å². The van der Waals surface area contributed by atoms with Gasteiger partial charge in [-0.3, -0.25) is 4.90 Å². The van der Waals surface area contributed by atoms with Gasteiger partial charge in [0.05, 0.1) is 0 Å². The van der Waals surface area contributed by atoms with E-state index >= 15 is 0 Å². The fourth-order valence-corrected chi connectivity index (χ4v) is 3.57. The number of carboxylic acids is 1. The summed E-state index contributed by atoms with van der Waals surface area (Å²) < 4.78 is 0. The third-order valence-corrected chi connectivity index (χ3v) is 4.92. The summed E-state index contributed by atoms with van der Waals surface area (Å²) in [6.07, 6.45) is 2.55. The van der Waals surface area contributed by atoms with Crippen LogP contribution in [-0.2, 0) is 0 Å². The molecule has 0 unspecified atom stereocenters. The highest BCUT2D eigenvalue weighted by atomic mass is 32.1. The van der Waals surface area contributed by atoms with Gasteiger partial charge in [-0.15, -0.1) is 11.3 Å². The second-order valence-electron chi connectivity index (χ2n) is 5.39. The Kier molecular flexibility index (Phi) is 4.03. The van der Waals surface area contributed by atoms with Crippen LogP contribution in [0.5, 0.6) is 0 Å². The van der Waals surface area contributed by atoms with E-state index in [4.69, 9.17) is 5.11 Å². The Balaban J connectivity index is 1.86. The lowest BCUT2D eigenvalue weighted by Crippen LogP contribution is -2.23. The van der Waals surface area contributed by atoms with Crippen molar-refractivity contribution in [1.29, 1.82) is 0 Å². The summed E-state index contributed by atoms with van der Waals surface area (Å²) in [5.74, 6) is -0.973. The van der Waals surface area contributed by atoms with Crippen LogP contribution in [0.25, 0.3) is 10.6 Å². The number of hydrogen-bond acceptors (Lipinski definition) is 4. The molecule has 0 aliphatic carbocycles. The van der Waals surface area contributed by atoms with E-state index < -0.39 is 5.97 Å². The van der Waals surface area contributed by atoms with Crippen LogP contribution in [-0.4, -0.2) is 34.0 Å². The second kappa shape index (κ2) is 5.95. The number of aromatic carboxylic acids is 1. The van der Waals surface area contributed by atoms with Gasteiger partial charge >= 0.3 is 5.97 Å². The van der Waals surface area contributed by atoms with Crippen molar-refractivity contribution in [3.63, 3.8) is 0 Å². The van der Waals surface area contributed by atoms with Crippen LogP contribution in [0.2, 0.25) is 0 Å². The SMILES string of the molecule is C[C@@H](c1cccc(-c2nc(C(=O)O)cs2)c1)N1CCCC1. The molecule has 1 N–H and O–H groups in total. The lowest BCUT2D eigenvalue weighted by Gasteiger charge is -2.24. The molecule has 4 nitrogen and oxygen atoms in total. The Bertz CT molecular complexity index is 647. The average Bonchev–Trinajstić information content (AvgIpc) is 3.18. The number of carbonyl (C=O) groups is 1. The molecule has 2 heterocycles. The fourth-order valence-electron chi connectivity index (χ4n) is 2.78. The molecule has 1 saturated heterocycles. The summed E-state index contributed by atoms with van der Waals surface area (Å²) in [7, 11) is 0. The van der Waals surface area contributed by atoms with Crippen molar-refractivity contribution in [3.05, 3.63) is 40.9 Å². The van der Waals surface area contributed by atoms with E-state index in [9.17, 15) is 4.79 Å². The number of carboxylic acid groups (broad SMARTS) is 1. The lowest BCUT2D eigenvalue weighted by atomic mass is 10.0. The zero-order chi connectivity index (χ0) is 14.8. The fraction of sp³-hybridized carbons (Fsp3) is 0.375. The number of aromatic nitrogens is 1. The molecule has 0 saturated carbocycles. The molecular weight excluding hydrogens is 284 g/mol. The van der Waals surface area contributed by atoms with Crippen LogP contribution in [0.1, 0.15) is 41.9 Å². The molecule has 0 amide bonds. The highest BCUT2D eigenvalue weighted by Gasteiger charge is 2.20. The van der Waals surface area contributed by atoms with Gasteiger partial charge in [0, 0.05) is 17.0 Å². The minimum atomic E-state index is -0.973. The molecule has 2 aromatic rings. The molecule has 1 aromatic heterocycles. The highest BCUT2D eigenvalue weighted by Crippen LogP contribution is 2.29. The van der Waals surface area contributed by atoms with Crippen molar-refractivity contribution in [3.8, 4) is 10.6 Å². The largest absolute Gasteiger partial charge is 0.476 e. The van der Waals surface area contributed by atoms with Gasteiger partial charge in [-0.2, -0.15) is 0 Å². The van der Waals surface area contributed by atoms with Gasteiger partial charge < -0.3 is 5.11 Å². The topological polar surface area (TPSA) is 53.4 Å². The summed E-state index contributed by atoms with van der Waals surface area (Å²) in [5.41, 5.74) is 2.38. The maximum Gasteiger partial charge on any atom is 0.355 e. The normalized spacial score (nSPS) is 17.0. The van der Waals surface area contributed by atoms with Crippen LogP contribution in [0, 0.1) is 0 Å². The zero-order valence-electron chi connectivity index (χ0n) is 12.0. The van der Waals surface area contributed by atoms with Gasteiger partial charge in [0.15, 0.2) is 5.69 Å². The molecule has 5 heteroatoms. The molecule has 110 valence electrons. The quantitative estimate of drug-likeness (QED) is 0.936. The van der Waals surface area contributed by atoms with E-state index in [0.717, 1.165) is 23.7 Å². The van der Waals surface area contributed by atoms with Crippen LogP contribution in [0.4, 0.5) is 0 Å². The molecule has 21 heavy (non-hydrogen) atoms. The number of likely N-dealkylation sites (tertiary alicyclic amines) is 1. The first kappa shape index (κ1) is 14.2. The van der Waals surface area contributed by atoms with Crippen molar-refractivity contribution in [2.24, 2.45) is 0 Å². The highest BCUT2D eigenvalue weighted by molar-refractivity contribution is 7.13. The van der Waals surface area contributed by atoms with Gasteiger partial charge in [-0.1, -0.05) is 18.2 Å². The number of thiazole rings is 1. The molecule has 3 rings (SSSR count). The molecule has 1 aromatic carbocycles. The Morgan fingerprint density at radius 3 is 2.81 bits per heavy atom. The summed E-state index contributed by atoms with van der Waals surface area (Å²) in [6.45, 7) is 4.55. The Morgan fingerprint density at radius 2 is 2.14 bits per heavy atom. The summed E-state index contributed by atoms with van der Waals surface area (Å²) in [6, 6.07) is 8.68. The monoisotopic (exact) mass is 302 g/mol. The van der Waals surface area contributed by atoms with Crippen molar-refractivity contribution in [2.45, 2.75) is 25.8 Å². The first-order valence-electron chi connectivity index (χ1n) is 7.18. The smallest absolute Gasteiger partial charge is 0.355 e. The van der Waals surface area contributed by atoms with Gasteiger partial charge in [0.25, 0.3) is 0 Å². The third-order valence-electron chi connectivity index (χ3n) is 4.03. The van der Waals surface area contributed by atoms with E-state index in [-0.39, 0.29) is 5.69 Å². The van der Waals surface area contributed by atoms with Crippen LogP contribution in [0.3, 0.4) is 0 Å². The summed E-state index contributed by atoms with van der Waals surface area (Å²) in [4.78, 5) is 17.6. The van der Waals surface area contributed by atoms with E-state index in [1.807, 2.05) is 12.1 Å². The predicted molar refractivity (Wildman–Crippen MR) is 83.7 cm³/mol. The number of rotatable bonds is 4. The van der Waals surface area contributed by atoms with Crippen LogP contribution >= 0.6 is 11.3 Å². The summed E-state index contributed by atoms with van der Waals surface area (Å²) in [5, 5.41) is 11.3. The van der Waals surface area contributed by atoms with Crippen molar-refractivity contribution in [1.82, 2.24) is 9.88 Å². The molecular formula is C16H18N2O2S. The third kappa shape index (κ3) is 2.99. The molecule has 1 fully saturated rings. The van der Waals surface area contributed by atoms with Gasteiger partial charge in [0.2, 0.25) is 0 Å². The van der Waals surface area contributed by atoms with Crippen LogP contribution in [0.15, 0.2) is 29.6 Å². The average molecular weight is 302 g/mol. The molecule has 0 radical (unpaired) electrons. The summed E-state index contributed by atoms with van der Waals surface area (Å²) >= 11 is 1.38. The Morgan fingerprint density at radius 1 is 1.38 bits per heavy atom. The van der Waals surface area contributed by atoms with Crippen molar-refractivity contribution in [2.75, 3.05) is 13.1 Å². The predicted octanol–water partition coefficient (Wildman–Crippen LogP) is 3.67. The minimum absolute atomic E-state index is 0.119. The van der Waals surface area contributed by atoms with Gasteiger partial charge in [-0.05, 0) is 44.5 Å². The van der Waals surface area contributed by atoms with Crippen molar-refractivity contribution < 1.29 is 9.90 Å². The molecule has 0 spiro atoms. The lowest BCUT2D eigenvalue weighted by molar-refractivity contribution is 0.0691. The van der Waals surface area contributed by atoms with Crippen LogP contribution < -0.4 is 0 Å². The first-order chi connectivity index (χ1) is 10.1. The standard InChI is InChI=1S/C16H18N2O2S/c1-11(18-7-2-3-8-18)12-5-4-6-13(9-12)15-17-14(10-21-15)16(19)20/h4-6,9-11H,2-3,7-8H2,1H3,(H,19,20)/t11-/m0/s1. The first-order valence-corrected chi connectivity index (χ1v) is 8.06. The van der Waals surface area contributed by atoms with E-state index in [1.165, 1.54) is 29.7 Å². The number of benzene rings is 1. The van der Waals surface area contributed by atoms with E-state index in [0.29, 0.717) is 6.04 Å². The maximum absolute atomic E-state index is 10.9. The Hall–Kier alpha value is -1.72. The molecule has 0 bridgehead atoms. The minimum Gasteiger partial charge on any atom is -0.476 e. The molecule has 1 atom stereocenters. The van der Waals surface area contributed by atoms with E-state index in [1.54, 1.807) is 5.38 Å². The van der Waals surface area contributed by atoms with Crippen molar-refractivity contribution >= 4 is 17.3 Å². The number of nitrogens with zero attached hydrogens (tertiary/aromatic N) is 2. The molecule has 1 aliphatic rings. The van der Waals surface area contributed by atoms with Gasteiger partial charge in [-0.25, -0.2) is 9.78 Å². The maximum atomic E-state index is 10.9. The second-order valence-corrected chi connectivity index (χ2v) is 6.25. The molecule has 1 aliphatic heterocycles. The number of hydrogen-bond donors (Lipinski definition) is 1. The van der Waals surface area contributed by atoms with E-state index in [2.05, 4.69) is 28.9 Å².